The van der Waals surface area contributed by atoms with Crippen molar-refractivity contribution in [3.8, 4) is 5.75 Å². The van der Waals surface area contributed by atoms with Crippen LogP contribution in [0.2, 0.25) is 0 Å². The lowest BCUT2D eigenvalue weighted by Gasteiger charge is -2.36. The second-order valence-corrected chi connectivity index (χ2v) is 7.85. The van der Waals surface area contributed by atoms with E-state index in [1.54, 1.807) is 6.07 Å². The van der Waals surface area contributed by atoms with Gasteiger partial charge in [0, 0.05) is 25.0 Å². The van der Waals surface area contributed by atoms with Gasteiger partial charge in [0.1, 0.15) is 5.75 Å². The molecule has 2 heterocycles. The van der Waals surface area contributed by atoms with Crippen LogP contribution in [0.3, 0.4) is 0 Å². The first-order chi connectivity index (χ1) is 13.8. The summed E-state index contributed by atoms with van der Waals surface area (Å²) in [5.74, 6) is 0.369. The number of piperidine rings is 1. The number of aromatic hydroxyl groups is 1. The molecule has 28 heavy (non-hydrogen) atoms. The van der Waals surface area contributed by atoms with Gasteiger partial charge in [0.2, 0.25) is 0 Å². The van der Waals surface area contributed by atoms with Crippen LogP contribution in [0.25, 0.3) is 0 Å². The van der Waals surface area contributed by atoms with Crippen molar-refractivity contribution in [2.75, 3.05) is 6.54 Å². The first-order valence-electron chi connectivity index (χ1n) is 10.3. The molecule has 1 N–H and O–H groups in total. The molecule has 1 aliphatic rings. The average Bonchev–Trinajstić information content (AvgIpc) is 3.22. The predicted molar refractivity (Wildman–Crippen MR) is 112 cm³/mol. The number of nitrogens with zero attached hydrogens (tertiary/aromatic N) is 3. The Morgan fingerprint density at radius 2 is 1.75 bits per heavy atom. The fraction of sp³-hybridized carbons (Fsp3) is 0.375. The Morgan fingerprint density at radius 1 is 0.929 bits per heavy atom. The van der Waals surface area contributed by atoms with Crippen LogP contribution in [-0.4, -0.2) is 32.4 Å². The number of likely N-dealkylation sites (tertiary alicyclic amines) is 1. The molecule has 1 fully saturated rings. The van der Waals surface area contributed by atoms with E-state index in [4.69, 9.17) is 0 Å². The molecule has 2 aromatic carbocycles. The minimum absolute atomic E-state index is 0.369. The van der Waals surface area contributed by atoms with Crippen LogP contribution >= 0.6 is 0 Å². The molecular weight excluding hydrogens is 346 g/mol. The van der Waals surface area contributed by atoms with Crippen LogP contribution in [0, 0.1) is 0 Å². The largest absolute Gasteiger partial charge is 0.508 e. The van der Waals surface area contributed by atoms with Crippen LogP contribution in [0.5, 0.6) is 5.75 Å². The first-order valence-corrected chi connectivity index (χ1v) is 10.3. The number of aromatic nitrogens is 2. The van der Waals surface area contributed by atoms with Gasteiger partial charge >= 0.3 is 0 Å². The molecule has 4 nitrogen and oxygen atoms in total. The zero-order valence-electron chi connectivity index (χ0n) is 16.4. The minimum atomic E-state index is 0.369. The molecule has 0 radical (unpaired) electrons. The first kappa shape index (κ1) is 18.8. The molecule has 0 aliphatic carbocycles. The molecule has 1 atom stereocenters. The lowest BCUT2D eigenvalue weighted by molar-refractivity contribution is 0.132. The number of rotatable bonds is 7. The van der Waals surface area contributed by atoms with Crippen molar-refractivity contribution in [1.29, 1.82) is 0 Å². The summed E-state index contributed by atoms with van der Waals surface area (Å²) >= 11 is 0. The van der Waals surface area contributed by atoms with Gasteiger partial charge in [-0.25, -0.2) is 0 Å². The van der Waals surface area contributed by atoms with E-state index in [-0.39, 0.29) is 0 Å². The molecule has 4 rings (SSSR count). The fourth-order valence-electron chi connectivity index (χ4n) is 4.21. The van der Waals surface area contributed by atoms with Gasteiger partial charge in [-0.2, -0.15) is 5.10 Å². The maximum Gasteiger partial charge on any atom is 0.115 e. The number of hydrogen-bond donors (Lipinski definition) is 1. The third-order valence-corrected chi connectivity index (χ3v) is 5.74. The zero-order valence-corrected chi connectivity index (χ0v) is 16.4. The summed E-state index contributed by atoms with van der Waals surface area (Å²) in [7, 11) is 0. The van der Waals surface area contributed by atoms with Crippen molar-refractivity contribution in [3.05, 3.63) is 83.7 Å². The van der Waals surface area contributed by atoms with Crippen molar-refractivity contribution in [2.24, 2.45) is 0 Å². The normalized spacial score (nSPS) is 17.6. The highest BCUT2D eigenvalue weighted by Crippen LogP contribution is 2.24. The van der Waals surface area contributed by atoms with Gasteiger partial charge < -0.3 is 5.11 Å². The summed E-state index contributed by atoms with van der Waals surface area (Å²) in [4.78, 5) is 2.65. The molecule has 3 aromatic rings. The average molecular weight is 376 g/mol. The van der Waals surface area contributed by atoms with Crippen molar-refractivity contribution in [3.63, 3.8) is 0 Å². The summed E-state index contributed by atoms with van der Waals surface area (Å²) < 4.78 is 1.96. The molecule has 0 saturated carbocycles. The Balaban J connectivity index is 1.35. The molecule has 0 bridgehead atoms. The molecule has 4 heteroatoms. The monoisotopic (exact) mass is 375 g/mol. The van der Waals surface area contributed by atoms with Crippen molar-refractivity contribution < 1.29 is 5.11 Å². The van der Waals surface area contributed by atoms with E-state index < -0.39 is 0 Å². The van der Waals surface area contributed by atoms with Gasteiger partial charge in [-0.05, 0) is 67.1 Å². The van der Waals surface area contributed by atoms with E-state index in [2.05, 4.69) is 40.3 Å². The van der Waals surface area contributed by atoms with E-state index in [9.17, 15) is 5.11 Å². The van der Waals surface area contributed by atoms with Crippen molar-refractivity contribution >= 4 is 0 Å². The van der Waals surface area contributed by atoms with E-state index in [1.807, 2.05) is 35.3 Å². The number of benzene rings is 2. The Kier molecular flexibility index (Phi) is 6.07. The van der Waals surface area contributed by atoms with Crippen LogP contribution in [0.1, 0.15) is 42.4 Å². The fourth-order valence-corrected chi connectivity index (χ4v) is 4.21. The quantitative estimate of drug-likeness (QED) is 0.655. The second-order valence-electron chi connectivity index (χ2n) is 7.85. The topological polar surface area (TPSA) is 41.3 Å². The van der Waals surface area contributed by atoms with Crippen LogP contribution in [0.15, 0.2) is 67.0 Å². The smallest absolute Gasteiger partial charge is 0.115 e. The lowest BCUT2D eigenvalue weighted by atomic mass is 9.95. The standard InChI is InChI=1S/C24H29N3O/c28-24-7-3-5-20(17-24)12-13-23-6-1-2-15-26(23)18-21-8-10-22(11-9-21)19-27-16-4-14-25-27/h3-5,7-11,14,16-17,23,28H,1-2,6,12-13,15,18-19H2/t23-/m1/s1. The molecule has 1 saturated heterocycles. The Hall–Kier alpha value is -2.59. The molecule has 0 unspecified atom stereocenters. The van der Waals surface area contributed by atoms with Gasteiger partial charge in [-0.15, -0.1) is 0 Å². The van der Waals surface area contributed by atoms with Gasteiger partial charge in [-0.3, -0.25) is 9.58 Å². The SMILES string of the molecule is Oc1cccc(CC[C@H]2CCCCN2Cc2ccc(Cn3cccn3)cc2)c1. The second kappa shape index (κ2) is 9.07. The molecule has 146 valence electrons. The molecular formula is C24H29N3O. The third kappa shape index (κ3) is 5.02. The minimum Gasteiger partial charge on any atom is -0.508 e. The van der Waals surface area contributed by atoms with E-state index >= 15 is 0 Å². The highest BCUT2D eigenvalue weighted by Gasteiger charge is 2.22. The third-order valence-electron chi connectivity index (χ3n) is 5.74. The summed E-state index contributed by atoms with van der Waals surface area (Å²) in [6, 6.07) is 19.3. The van der Waals surface area contributed by atoms with Gasteiger partial charge in [0.25, 0.3) is 0 Å². The Bertz CT molecular complexity index is 858. The van der Waals surface area contributed by atoms with Gasteiger partial charge in [0.05, 0.1) is 6.54 Å². The van der Waals surface area contributed by atoms with Gasteiger partial charge in [0.15, 0.2) is 0 Å². The summed E-state index contributed by atoms with van der Waals surface area (Å²) in [6.45, 7) is 3.02. The maximum absolute atomic E-state index is 9.68. The highest BCUT2D eigenvalue weighted by molar-refractivity contribution is 5.27. The van der Waals surface area contributed by atoms with Crippen LogP contribution in [-0.2, 0) is 19.5 Å². The van der Waals surface area contributed by atoms with Crippen molar-refractivity contribution in [2.45, 2.75) is 51.2 Å². The Labute approximate surface area is 167 Å². The van der Waals surface area contributed by atoms with Gasteiger partial charge in [-0.1, -0.05) is 42.8 Å². The number of aryl methyl sites for hydroxylation is 1. The Morgan fingerprint density at radius 3 is 2.50 bits per heavy atom. The lowest BCUT2D eigenvalue weighted by Crippen LogP contribution is -2.39. The zero-order chi connectivity index (χ0) is 19.2. The highest BCUT2D eigenvalue weighted by atomic mass is 16.3. The summed E-state index contributed by atoms with van der Waals surface area (Å²) in [6.07, 6.45) is 9.89. The maximum atomic E-state index is 9.68. The molecule has 0 amide bonds. The molecule has 1 aliphatic heterocycles. The number of phenols is 1. The number of hydrogen-bond acceptors (Lipinski definition) is 3. The summed E-state index contributed by atoms with van der Waals surface area (Å²) in [5.41, 5.74) is 3.90. The predicted octanol–water partition coefficient (Wildman–Crippen LogP) is 4.62. The number of phenolic OH excluding ortho intramolecular Hbond substituents is 1. The summed E-state index contributed by atoms with van der Waals surface area (Å²) in [5, 5.41) is 14.0. The van der Waals surface area contributed by atoms with E-state index in [0.717, 1.165) is 25.9 Å². The van der Waals surface area contributed by atoms with E-state index in [1.165, 1.54) is 42.5 Å². The van der Waals surface area contributed by atoms with Crippen LogP contribution in [0.4, 0.5) is 0 Å². The van der Waals surface area contributed by atoms with Crippen molar-refractivity contribution in [1.82, 2.24) is 14.7 Å². The van der Waals surface area contributed by atoms with Crippen LogP contribution < -0.4 is 0 Å². The van der Waals surface area contributed by atoms with E-state index in [0.29, 0.717) is 11.8 Å². The molecule has 0 spiro atoms. The molecule has 1 aromatic heterocycles.